The van der Waals surface area contributed by atoms with Crippen LogP contribution in [0.3, 0.4) is 0 Å². The second-order valence-corrected chi connectivity index (χ2v) is 6.87. The third-order valence-corrected chi connectivity index (χ3v) is 5.42. The summed E-state index contributed by atoms with van der Waals surface area (Å²) in [7, 11) is 0. The Balaban J connectivity index is 1.65. The molecule has 1 heterocycles. The van der Waals surface area contributed by atoms with Crippen LogP contribution in [0.1, 0.15) is 37.7 Å². The molecule has 2 aliphatic rings. The van der Waals surface area contributed by atoms with Crippen LogP contribution >= 0.6 is 0 Å². The summed E-state index contributed by atoms with van der Waals surface area (Å²) < 4.78 is 5.51. The van der Waals surface area contributed by atoms with Gasteiger partial charge in [-0.2, -0.15) is 0 Å². The first kappa shape index (κ1) is 17.3. The second-order valence-electron chi connectivity index (χ2n) is 6.87. The Morgan fingerprint density at radius 3 is 2.58 bits per heavy atom. The summed E-state index contributed by atoms with van der Waals surface area (Å²) in [5, 5.41) is 14.7. The normalized spacial score (nSPS) is 21.5. The molecule has 3 rings (SSSR count). The highest BCUT2D eigenvalue weighted by Crippen LogP contribution is 2.34. The predicted octanol–water partition coefficient (Wildman–Crippen LogP) is 2.72. The van der Waals surface area contributed by atoms with Gasteiger partial charge in [0, 0.05) is 43.3 Å². The van der Waals surface area contributed by atoms with Crippen LogP contribution in [0.2, 0.25) is 0 Å². The molecule has 0 radical (unpaired) electrons. The Bertz CT molecular complexity index is 552. The van der Waals surface area contributed by atoms with Crippen LogP contribution in [-0.4, -0.2) is 48.2 Å². The van der Waals surface area contributed by atoms with Crippen LogP contribution in [0.15, 0.2) is 24.3 Å². The number of nitrogens with one attached hydrogen (secondary N) is 1. The Kier molecular flexibility index (Phi) is 5.81. The number of nitro groups is 1. The number of rotatable bonds is 6. The van der Waals surface area contributed by atoms with Crippen molar-refractivity contribution in [2.45, 2.75) is 44.2 Å². The summed E-state index contributed by atoms with van der Waals surface area (Å²) in [6, 6.07) is 7.00. The number of para-hydroxylation sites is 1. The van der Waals surface area contributed by atoms with Crippen LogP contribution in [-0.2, 0) is 11.3 Å². The molecule has 1 aliphatic carbocycles. The zero-order chi connectivity index (χ0) is 16.8. The fraction of sp³-hybridized carbons (Fsp3) is 0.667. The molecule has 1 N–H and O–H groups in total. The molecule has 1 saturated heterocycles. The molecule has 0 atom stereocenters. The number of benzene rings is 1. The molecular weight excluding hydrogens is 306 g/mol. The Labute approximate surface area is 143 Å². The fourth-order valence-corrected chi connectivity index (χ4v) is 4.12. The average molecular weight is 333 g/mol. The standard InChI is InChI=1S/C18H27N3O3/c22-21(23)17-7-3-2-6-16(17)14-19-15-18(8-4-1-5-9-18)20-10-12-24-13-11-20/h2-3,6-7,19H,1,4-5,8-15H2. The highest BCUT2D eigenvalue weighted by Gasteiger charge is 2.38. The van der Waals surface area contributed by atoms with E-state index in [2.05, 4.69) is 10.2 Å². The summed E-state index contributed by atoms with van der Waals surface area (Å²) in [6.45, 7) is 5.04. The summed E-state index contributed by atoms with van der Waals surface area (Å²) in [6.07, 6.45) is 6.26. The molecule has 1 aromatic carbocycles. The fourth-order valence-electron chi connectivity index (χ4n) is 4.12. The van der Waals surface area contributed by atoms with Crippen LogP contribution in [0.25, 0.3) is 0 Å². The largest absolute Gasteiger partial charge is 0.379 e. The van der Waals surface area contributed by atoms with Gasteiger partial charge in [0.05, 0.1) is 18.1 Å². The molecule has 0 bridgehead atoms. The van der Waals surface area contributed by atoms with Crippen molar-refractivity contribution in [3.63, 3.8) is 0 Å². The molecule has 0 spiro atoms. The first-order valence-corrected chi connectivity index (χ1v) is 8.97. The quantitative estimate of drug-likeness (QED) is 0.640. The molecule has 24 heavy (non-hydrogen) atoms. The Morgan fingerprint density at radius 2 is 1.88 bits per heavy atom. The summed E-state index contributed by atoms with van der Waals surface area (Å²) in [5.41, 5.74) is 1.15. The van der Waals surface area contributed by atoms with Crippen LogP contribution in [0, 0.1) is 10.1 Å². The minimum absolute atomic E-state index is 0.186. The molecule has 0 amide bonds. The molecule has 6 heteroatoms. The number of nitrogens with zero attached hydrogens (tertiary/aromatic N) is 2. The topological polar surface area (TPSA) is 67.6 Å². The summed E-state index contributed by atoms with van der Waals surface area (Å²) in [5.74, 6) is 0. The van der Waals surface area contributed by atoms with Gasteiger partial charge in [-0.15, -0.1) is 0 Å². The number of hydrogen-bond donors (Lipinski definition) is 1. The smallest absolute Gasteiger partial charge is 0.273 e. The van der Waals surface area contributed by atoms with E-state index in [0.29, 0.717) is 6.54 Å². The van der Waals surface area contributed by atoms with Crippen LogP contribution in [0.4, 0.5) is 5.69 Å². The third kappa shape index (κ3) is 3.94. The lowest BCUT2D eigenvalue weighted by Gasteiger charge is -2.48. The monoisotopic (exact) mass is 333 g/mol. The SMILES string of the molecule is O=[N+]([O-])c1ccccc1CNCC1(N2CCOCC2)CCCCC1. The van der Waals surface area contributed by atoms with Crippen molar-refractivity contribution in [1.29, 1.82) is 0 Å². The average Bonchev–Trinajstić information content (AvgIpc) is 2.63. The predicted molar refractivity (Wildman–Crippen MR) is 93.0 cm³/mol. The van der Waals surface area contributed by atoms with Crippen molar-refractivity contribution in [2.75, 3.05) is 32.8 Å². The molecule has 2 fully saturated rings. The minimum atomic E-state index is -0.296. The van der Waals surface area contributed by atoms with Crippen molar-refractivity contribution < 1.29 is 9.66 Å². The minimum Gasteiger partial charge on any atom is -0.379 e. The molecular formula is C18H27N3O3. The van der Waals surface area contributed by atoms with Gasteiger partial charge in [0.25, 0.3) is 5.69 Å². The molecule has 132 valence electrons. The first-order chi connectivity index (χ1) is 11.7. The second kappa shape index (κ2) is 8.05. The van der Waals surface area contributed by atoms with Gasteiger partial charge in [-0.05, 0) is 12.8 Å². The maximum Gasteiger partial charge on any atom is 0.273 e. The number of nitro benzene ring substituents is 1. The number of hydrogen-bond acceptors (Lipinski definition) is 5. The lowest BCUT2D eigenvalue weighted by atomic mass is 9.79. The van der Waals surface area contributed by atoms with Gasteiger partial charge >= 0.3 is 0 Å². The molecule has 1 saturated carbocycles. The van der Waals surface area contributed by atoms with Gasteiger partial charge < -0.3 is 10.1 Å². The van der Waals surface area contributed by atoms with E-state index in [1.807, 2.05) is 12.1 Å². The molecule has 0 aromatic heterocycles. The van der Waals surface area contributed by atoms with Gasteiger partial charge in [0.15, 0.2) is 0 Å². The molecule has 6 nitrogen and oxygen atoms in total. The van der Waals surface area contributed by atoms with Gasteiger partial charge in [-0.3, -0.25) is 15.0 Å². The molecule has 0 unspecified atom stereocenters. The Morgan fingerprint density at radius 1 is 1.17 bits per heavy atom. The van der Waals surface area contributed by atoms with E-state index >= 15 is 0 Å². The third-order valence-electron chi connectivity index (χ3n) is 5.42. The molecule has 1 aromatic rings. The first-order valence-electron chi connectivity index (χ1n) is 8.97. The van der Waals surface area contributed by atoms with Crippen molar-refractivity contribution in [1.82, 2.24) is 10.2 Å². The van der Waals surface area contributed by atoms with Gasteiger partial charge in [-0.1, -0.05) is 37.5 Å². The van der Waals surface area contributed by atoms with Crippen LogP contribution in [0.5, 0.6) is 0 Å². The van der Waals surface area contributed by atoms with Gasteiger partial charge in [-0.25, -0.2) is 0 Å². The number of morpholine rings is 1. The number of ether oxygens (including phenoxy) is 1. The van der Waals surface area contributed by atoms with Crippen molar-refractivity contribution in [3.05, 3.63) is 39.9 Å². The van der Waals surface area contributed by atoms with Crippen LogP contribution < -0.4 is 5.32 Å². The molecule has 1 aliphatic heterocycles. The van der Waals surface area contributed by atoms with Crippen molar-refractivity contribution in [3.8, 4) is 0 Å². The summed E-state index contributed by atoms with van der Waals surface area (Å²) in [4.78, 5) is 13.4. The van der Waals surface area contributed by atoms with E-state index in [9.17, 15) is 10.1 Å². The van der Waals surface area contributed by atoms with E-state index in [0.717, 1.165) is 38.4 Å². The van der Waals surface area contributed by atoms with Gasteiger partial charge in [0.2, 0.25) is 0 Å². The van der Waals surface area contributed by atoms with E-state index in [1.165, 1.54) is 32.1 Å². The van der Waals surface area contributed by atoms with Gasteiger partial charge in [0.1, 0.15) is 0 Å². The van der Waals surface area contributed by atoms with E-state index in [-0.39, 0.29) is 16.1 Å². The zero-order valence-corrected chi connectivity index (χ0v) is 14.2. The maximum atomic E-state index is 11.2. The highest BCUT2D eigenvalue weighted by atomic mass is 16.6. The van der Waals surface area contributed by atoms with E-state index in [1.54, 1.807) is 12.1 Å². The van der Waals surface area contributed by atoms with Crippen molar-refractivity contribution in [2.24, 2.45) is 0 Å². The Hall–Kier alpha value is -1.50. The summed E-state index contributed by atoms with van der Waals surface area (Å²) >= 11 is 0. The van der Waals surface area contributed by atoms with E-state index < -0.39 is 0 Å². The van der Waals surface area contributed by atoms with E-state index in [4.69, 9.17) is 4.74 Å². The lowest BCUT2D eigenvalue weighted by molar-refractivity contribution is -0.385. The van der Waals surface area contributed by atoms with Crippen molar-refractivity contribution >= 4 is 5.69 Å². The zero-order valence-electron chi connectivity index (χ0n) is 14.2. The maximum absolute atomic E-state index is 11.2. The highest BCUT2D eigenvalue weighted by molar-refractivity contribution is 5.39. The lowest BCUT2D eigenvalue weighted by Crippen LogP contribution is -2.59.